The first-order valence-corrected chi connectivity index (χ1v) is 2.65. The second-order valence-electron chi connectivity index (χ2n) is 1.80. The molecule has 0 aromatic heterocycles. The lowest BCUT2D eigenvalue weighted by molar-refractivity contribution is 1.45. The van der Waals surface area contributed by atoms with Crippen LogP contribution in [0.5, 0.6) is 0 Å². The zero-order valence-corrected chi connectivity index (χ0v) is 5.72. The minimum Gasteiger partial charge on any atom is -0.272 e. The lowest BCUT2D eigenvalue weighted by atomic mass is 10.2. The molecular weight excluding hydrogens is 110 g/mol. The summed E-state index contributed by atoms with van der Waals surface area (Å²) in [7, 11) is 0. The highest BCUT2D eigenvalue weighted by molar-refractivity contribution is 5.35. The fourth-order valence-corrected chi connectivity index (χ4v) is 0.285. The summed E-state index contributed by atoms with van der Waals surface area (Å²) >= 11 is 0. The van der Waals surface area contributed by atoms with E-state index in [-0.39, 0.29) is 0 Å². The van der Waals surface area contributed by atoms with Gasteiger partial charge in [-0.25, -0.2) is 0 Å². The van der Waals surface area contributed by atoms with E-state index < -0.39 is 0 Å². The highest BCUT2D eigenvalue weighted by Gasteiger charge is 1.83. The van der Waals surface area contributed by atoms with Crippen LogP contribution in [0.2, 0.25) is 0 Å². The minimum absolute atomic E-state index is 0.891. The van der Waals surface area contributed by atoms with E-state index in [2.05, 4.69) is 24.9 Å². The van der Waals surface area contributed by atoms with E-state index in [4.69, 9.17) is 0 Å². The van der Waals surface area contributed by atoms with Gasteiger partial charge in [-0.2, -0.15) is 0 Å². The van der Waals surface area contributed by atoms with Crippen LogP contribution < -0.4 is 0 Å². The van der Waals surface area contributed by atoms with Crippen molar-refractivity contribution in [3.8, 4) is 0 Å². The smallest absolute Gasteiger partial charge is 0.0266 e. The van der Waals surface area contributed by atoms with Crippen molar-refractivity contribution < 1.29 is 0 Å². The third-order valence-electron chi connectivity index (χ3n) is 0.929. The lowest BCUT2D eigenvalue weighted by Crippen LogP contribution is -1.72. The molecule has 0 unspecified atom stereocenters. The van der Waals surface area contributed by atoms with Crippen LogP contribution in [0.3, 0.4) is 0 Å². The fourth-order valence-electron chi connectivity index (χ4n) is 0.285. The summed E-state index contributed by atoms with van der Waals surface area (Å²) < 4.78 is 0. The molecular formula is C8H11N. The second kappa shape index (κ2) is 3.84. The summed E-state index contributed by atoms with van der Waals surface area (Å²) in [6.07, 6.45) is 3.37. The maximum atomic E-state index is 3.72. The van der Waals surface area contributed by atoms with Crippen molar-refractivity contribution in [3.63, 3.8) is 0 Å². The predicted octanol–water partition coefficient (Wildman–Crippen LogP) is 2.33. The van der Waals surface area contributed by atoms with Gasteiger partial charge in [-0.15, -0.1) is 0 Å². The second-order valence-corrected chi connectivity index (χ2v) is 1.80. The molecule has 48 valence electrons. The highest BCUT2D eigenvalue weighted by Crippen LogP contribution is 2.03. The minimum atomic E-state index is 0.891. The van der Waals surface area contributed by atoms with Crippen molar-refractivity contribution in [2.75, 3.05) is 0 Å². The quantitative estimate of drug-likeness (QED) is 0.401. The molecule has 0 saturated carbocycles. The summed E-state index contributed by atoms with van der Waals surface area (Å²) in [4.78, 5) is 3.53. The molecule has 0 fully saturated rings. The molecule has 0 bridgehead atoms. The van der Waals surface area contributed by atoms with E-state index in [1.165, 1.54) is 0 Å². The Hall–Kier alpha value is -1.11. The Balaban J connectivity index is 3.92. The SMILES string of the molecule is C=N/C=C\C(=C)C(=C)C. The Morgan fingerprint density at radius 2 is 2.00 bits per heavy atom. The fraction of sp³-hybridized carbons (Fsp3) is 0.125. The van der Waals surface area contributed by atoms with Gasteiger partial charge in [-0.05, 0) is 25.3 Å². The zero-order chi connectivity index (χ0) is 7.28. The summed E-state index contributed by atoms with van der Waals surface area (Å²) in [5.41, 5.74) is 1.84. The molecule has 0 aliphatic rings. The standard InChI is InChI=1S/C8H11N/c1-7(2)8(3)5-6-9-4/h5-6H,1,3-4H2,2H3/b6-5-. The van der Waals surface area contributed by atoms with Crippen LogP contribution in [-0.4, -0.2) is 6.72 Å². The van der Waals surface area contributed by atoms with Gasteiger partial charge in [0.15, 0.2) is 0 Å². The molecule has 0 radical (unpaired) electrons. The maximum absolute atomic E-state index is 3.72. The van der Waals surface area contributed by atoms with Crippen LogP contribution in [-0.2, 0) is 0 Å². The monoisotopic (exact) mass is 121 g/mol. The number of rotatable bonds is 3. The molecule has 0 amide bonds. The third-order valence-corrected chi connectivity index (χ3v) is 0.929. The normalized spacial score (nSPS) is 9.44. The Morgan fingerprint density at radius 3 is 2.33 bits per heavy atom. The average molecular weight is 121 g/mol. The summed E-state index contributed by atoms with van der Waals surface area (Å²) in [6.45, 7) is 12.6. The van der Waals surface area contributed by atoms with Gasteiger partial charge in [0, 0.05) is 6.20 Å². The lowest BCUT2D eigenvalue weighted by Gasteiger charge is -1.92. The molecule has 0 N–H and O–H groups in total. The van der Waals surface area contributed by atoms with Gasteiger partial charge < -0.3 is 0 Å². The van der Waals surface area contributed by atoms with Gasteiger partial charge in [0.1, 0.15) is 0 Å². The molecule has 1 heteroatoms. The predicted molar refractivity (Wildman–Crippen MR) is 42.6 cm³/mol. The molecule has 0 aromatic carbocycles. The first kappa shape index (κ1) is 7.89. The van der Waals surface area contributed by atoms with E-state index in [9.17, 15) is 0 Å². The van der Waals surface area contributed by atoms with Crippen LogP contribution in [0, 0.1) is 0 Å². The first-order valence-electron chi connectivity index (χ1n) is 2.65. The van der Waals surface area contributed by atoms with Crippen LogP contribution in [0.25, 0.3) is 0 Å². The van der Waals surface area contributed by atoms with E-state index in [0.29, 0.717) is 0 Å². The van der Waals surface area contributed by atoms with Gasteiger partial charge in [-0.1, -0.05) is 18.7 Å². The van der Waals surface area contributed by atoms with Crippen LogP contribution >= 0.6 is 0 Å². The number of allylic oxidation sites excluding steroid dienone is 3. The molecule has 0 aliphatic carbocycles. The number of nitrogens with zero attached hydrogens (tertiary/aromatic N) is 1. The highest BCUT2D eigenvalue weighted by atomic mass is 14.6. The Bertz CT molecular complexity index is 163. The van der Waals surface area contributed by atoms with Gasteiger partial charge in [-0.3, -0.25) is 4.99 Å². The molecule has 0 atom stereocenters. The van der Waals surface area contributed by atoms with Gasteiger partial charge in [0.2, 0.25) is 0 Å². The largest absolute Gasteiger partial charge is 0.272 e. The van der Waals surface area contributed by atoms with E-state index in [1.807, 2.05) is 6.92 Å². The first-order chi connectivity index (χ1) is 4.18. The van der Waals surface area contributed by atoms with E-state index in [0.717, 1.165) is 11.1 Å². The molecule has 0 aliphatic heterocycles. The summed E-state index contributed by atoms with van der Waals surface area (Å²) in [6, 6.07) is 0. The van der Waals surface area contributed by atoms with Crippen molar-refractivity contribution in [1.82, 2.24) is 0 Å². The van der Waals surface area contributed by atoms with E-state index in [1.54, 1.807) is 12.3 Å². The molecule has 9 heavy (non-hydrogen) atoms. The maximum Gasteiger partial charge on any atom is 0.0266 e. The summed E-state index contributed by atoms with van der Waals surface area (Å²) in [5.74, 6) is 0. The van der Waals surface area contributed by atoms with Crippen molar-refractivity contribution >= 4 is 6.72 Å². The Morgan fingerprint density at radius 1 is 1.44 bits per heavy atom. The van der Waals surface area contributed by atoms with Crippen molar-refractivity contribution in [2.45, 2.75) is 6.92 Å². The van der Waals surface area contributed by atoms with Crippen LogP contribution in [0.1, 0.15) is 6.92 Å². The molecule has 1 nitrogen and oxygen atoms in total. The number of hydrogen-bond acceptors (Lipinski definition) is 1. The average Bonchev–Trinajstić information content (AvgIpc) is 1.82. The van der Waals surface area contributed by atoms with Gasteiger partial charge in [0.05, 0.1) is 0 Å². The molecule has 0 saturated heterocycles. The van der Waals surface area contributed by atoms with Crippen molar-refractivity contribution in [3.05, 3.63) is 36.6 Å². The van der Waals surface area contributed by atoms with E-state index >= 15 is 0 Å². The molecule has 0 rings (SSSR count). The van der Waals surface area contributed by atoms with Gasteiger partial charge in [0.25, 0.3) is 0 Å². The molecule has 0 aromatic rings. The summed E-state index contributed by atoms with van der Waals surface area (Å²) in [5, 5.41) is 0. The third kappa shape index (κ3) is 3.47. The zero-order valence-electron chi connectivity index (χ0n) is 5.72. The van der Waals surface area contributed by atoms with Crippen molar-refractivity contribution in [2.24, 2.45) is 4.99 Å². The Labute approximate surface area is 56.1 Å². The topological polar surface area (TPSA) is 12.4 Å². The molecule has 0 spiro atoms. The Kier molecular flexibility index (Phi) is 3.37. The van der Waals surface area contributed by atoms with Crippen molar-refractivity contribution in [1.29, 1.82) is 0 Å². The molecule has 0 heterocycles. The number of aliphatic imine (C=N–C) groups is 1. The van der Waals surface area contributed by atoms with Gasteiger partial charge >= 0.3 is 0 Å². The van der Waals surface area contributed by atoms with Crippen LogP contribution in [0.15, 0.2) is 41.6 Å². The van der Waals surface area contributed by atoms with Crippen LogP contribution in [0.4, 0.5) is 0 Å². The number of hydrogen-bond donors (Lipinski definition) is 0.